The molecule has 7 aromatic rings. The van der Waals surface area contributed by atoms with Crippen LogP contribution in [-0.4, -0.2) is 142 Å². The molecule has 0 spiro atoms. The molecule has 0 aliphatic carbocycles. The minimum absolute atomic E-state index is 0.00535. The van der Waals surface area contributed by atoms with Crippen molar-refractivity contribution in [1.29, 1.82) is 0 Å². The lowest BCUT2D eigenvalue weighted by molar-refractivity contribution is -0.128. The maximum Gasteiger partial charge on any atom is 0.438 e. The number of carbonyl (C=O) groups is 7. The van der Waals surface area contributed by atoms with E-state index in [0.717, 1.165) is 12.1 Å². The van der Waals surface area contributed by atoms with Gasteiger partial charge in [-0.25, -0.2) is 22.4 Å². The van der Waals surface area contributed by atoms with Crippen LogP contribution in [0.15, 0.2) is 112 Å². The highest BCUT2D eigenvalue weighted by molar-refractivity contribution is 6.93. The fourth-order valence-corrected chi connectivity index (χ4v) is 8.26. The zero-order valence-electron chi connectivity index (χ0n) is 38.4. The Morgan fingerprint density at radius 2 is 1.03 bits per heavy atom. The van der Waals surface area contributed by atoms with E-state index in [1.807, 2.05) is 0 Å². The third kappa shape index (κ3) is 12.2. The number of nitrogens with two attached hydrogens (primary N) is 1. The molecular formula is C48H40Cl2F4N10O10. The number of halogens is 6. The van der Waals surface area contributed by atoms with E-state index in [0.29, 0.717) is 23.3 Å². The standard InChI is InChI=1S/C24H19F2N5O5.C23H21F2N5O4.CCl2O/c25-15-10-17(26)20-16(12-31(18(20)11-15)13-19-27-24(35)36-28-19)21(32)23(34)30-8-6-29(7-9-30)22(33)14-4-2-1-3-5-14;24-15-10-17(25)20-16(12-30(18(20)11-15)13-19(26)27-34)21(31)23(33)29-8-6-28(7-9-29)22(32)14-4-2-1-3-5-14;2-1(3)4/h1-5,10-12H,6-9,13H2,(H,27,28,35);1-5,10-12,34H,6-9,13H2,(H2,26,27);. The number of oxime groups is 1. The Labute approximate surface area is 424 Å². The third-order valence-electron chi connectivity index (χ3n) is 11.7. The Hall–Kier alpha value is -8.64. The second-order valence-electron chi connectivity index (χ2n) is 16.3. The molecule has 2 saturated heterocycles. The summed E-state index contributed by atoms with van der Waals surface area (Å²) in [6.45, 7) is 1.02. The predicted octanol–water partition coefficient (Wildman–Crippen LogP) is 5.23. The van der Waals surface area contributed by atoms with Gasteiger partial charge in [0, 0.05) is 98.8 Å². The molecule has 0 radical (unpaired) electrons. The number of hydrogen-bond donors (Lipinski definition) is 3. The predicted molar refractivity (Wildman–Crippen MR) is 257 cm³/mol. The van der Waals surface area contributed by atoms with Crippen molar-refractivity contribution in [2.24, 2.45) is 10.9 Å². The number of nitrogens with one attached hydrogen (secondary N) is 1. The van der Waals surface area contributed by atoms with Crippen molar-refractivity contribution in [3.8, 4) is 0 Å². The number of hydrogen-bond acceptors (Lipinski definition) is 12. The molecule has 384 valence electrons. The van der Waals surface area contributed by atoms with Crippen molar-refractivity contribution >= 4 is 90.7 Å². The van der Waals surface area contributed by atoms with Crippen molar-refractivity contribution in [3.63, 3.8) is 0 Å². The lowest BCUT2D eigenvalue weighted by Gasteiger charge is -2.34. The van der Waals surface area contributed by atoms with Crippen molar-refractivity contribution < 1.29 is 60.9 Å². The molecule has 4 N–H and O–H groups in total. The molecule has 0 bridgehead atoms. The highest BCUT2D eigenvalue weighted by atomic mass is 35.5. The minimum atomic E-state index is -1.01. The molecule has 2 fully saturated rings. The molecule has 0 saturated carbocycles. The van der Waals surface area contributed by atoms with Crippen molar-refractivity contribution in [2.75, 3.05) is 52.4 Å². The number of ketones is 2. The van der Waals surface area contributed by atoms with Gasteiger partial charge in [-0.3, -0.25) is 43.1 Å². The van der Waals surface area contributed by atoms with E-state index in [-0.39, 0.29) is 122 Å². The van der Waals surface area contributed by atoms with E-state index in [1.54, 1.807) is 70.5 Å². The second kappa shape index (κ2) is 23.3. The fourth-order valence-electron chi connectivity index (χ4n) is 8.26. The van der Waals surface area contributed by atoms with Crippen LogP contribution in [0.1, 0.15) is 47.3 Å². The van der Waals surface area contributed by atoms with Gasteiger partial charge >= 0.3 is 10.5 Å². The number of H-pyrrole nitrogens is 1. The number of amides is 4. The molecule has 3 aromatic heterocycles. The number of nitrogens with zero attached hydrogens (tertiary/aromatic N) is 8. The first kappa shape index (κ1) is 53.2. The minimum Gasteiger partial charge on any atom is -0.409 e. The van der Waals surface area contributed by atoms with Gasteiger partial charge < -0.3 is 39.7 Å². The van der Waals surface area contributed by atoms with Gasteiger partial charge in [0.05, 0.1) is 35.2 Å². The van der Waals surface area contributed by atoms with Crippen molar-refractivity contribution in [3.05, 3.63) is 159 Å². The zero-order valence-corrected chi connectivity index (χ0v) is 39.9. The maximum atomic E-state index is 14.8. The Morgan fingerprint density at radius 3 is 1.42 bits per heavy atom. The summed E-state index contributed by atoms with van der Waals surface area (Å²) < 4.78 is 63.3. The molecule has 4 amide bonds. The summed E-state index contributed by atoms with van der Waals surface area (Å²) in [5.74, 6) is -8.80. The first-order chi connectivity index (χ1) is 35.3. The van der Waals surface area contributed by atoms with E-state index < -0.39 is 57.1 Å². The summed E-state index contributed by atoms with van der Waals surface area (Å²) in [6, 6.07) is 20.7. The molecule has 2 aliphatic rings. The van der Waals surface area contributed by atoms with Crippen molar-refractivity contribution in [2.45, 2.75) is 13.1 Å². The van der Waals surface area contributed by atoms with Crippen LogP contribution in [0, 0.1) is 23.3 Å². The van der Waals surface area contributed by atoms with Gasteiger partial charge in [-0.15, -0.1) is 0 Å². The molecule has 5 heterocycles. The average molecular weight is 1060 g/mol. The highest BCUT2D eigenvalue weighted by Gasteiger charge is 2.34. The van der Waals surface area contributed by atoms with Crippen LogP contribution in [0.2, 0.25) is 0 Å². The fraction of sp³-hybridized carbons (Fsp3) is 0.208. The average Bonchev–Trinajstić information content (AvgIpc) is 4.10. The lowest BCUT2D eigenvalue weighted by atomic mass is 10.1. The van der Waals surface area contributed by atoms with Gasteiger partial charge in [-0.1, -0.05) is 46.7 Å². The van der Waals surface area contributed by atoms with E-state index in [1.165, 1.54) is 31.3 Å². The smallest absolute Gasteiger partial charge is 0.409 e. The zero-order chi connectivity index (χ0) is 53.4. The Balaban J connectivity index is 0.000000202. The number of amidine groups is 1. The van der Waals surface area contributed by atoms with Gasteiger partial charge in [-0.05, 0) is 59.6 Å². The van der Waals surface area contributed by atoms with Crippen LogP contribution in [0.5, 0.6) is 0 Å². The Bertz CT molecular complexity index is 3380. The summed E-state index contributed by atoms with van der Waals surface area (Å²) >= 11 is 8.80. The first-order valence-electron chi connectivity index (χ1n) is 22.0. The molecule has 2 aliphatic heterocycles. The van der Waals surface area contributed by atoms with Crippen LogP contribution in [-0.2, 0) is 22.7 Å². The summed E-state index contributed by atoms with van der Waals surface area (Å²) in [4.78, 5) is 106. The van der Waals surface area contributed by atoms with Crippen LogP contribution >= 0.6 is 23.2 Å². The summed E-state index contributed by atoms with van der Waals surface area (Å²) in [5, 5.41) is 14.7. The van der Waals surface area contributed by atoms with Gasteiger partial charge in [0.1, 0.15) is 23.3 Å². The van der Waals surface area contributed by atoms with E-state index in [9.17, 15) is 51.1 Å². The number of carbonyl (C=O) groups excluding carboxylic acids is 7. The molecule has 4 aromatic carbocycles. The number of Topliss-reactive ketones (excluding diaryl/α,β-unsaturated/α-hetero) is 2. The first-order valence-corrected chi connectivity index (χ1v) is 22.8. The van der Waals surface area contributed by atoms with Gasteiger partial charge in [-0.2, -0.15) is 0 Å². The molecule has 26 heteroatoms. The topological polar surface area (TPSA) is 260 Å². The van der Waals surface area contributed by atoms with Gasteiger partial charge in [0.15, 0.2) is 11.7 Å². The number of fused-ring (bicyclic) bond motifs is 2. The number of benzene rings is 4. The van der Waals surface area contributed by atoms with Crippen LogP contribution in [0.25, 0.3) is 21.8 Å². The van der Waals surface area contributed by atoms with Crippen molar-refractivity contribution in [1.82, 2.24) is 38.9 Å². The molecule has 20 nitrogen and oxygen atoms in total. The summed E-state index contributed by atoms with van der Waals surface area (Å²) in [5.41, 5.74) is 6.05. The summed E-state index contributed by atoms with van der Waals surface area (Å²) in [7, 11) is 0. The Kier molecular flexibility index (Phi) is 16.7. The van der Waals surface area contributed by atoms with Gasteiger partial charge in [0.2, 0.25) is 0 Å². The normalized spacial score (nSPS) is 13.7. The summed E-state index contributed by atoms with van der Waals surface area (Å²) in [6.07, 6.45) is 2.40. The lowest BCUT2D eigenvalue weighted by Crippen LogP contribution is -2.52. The molecular weight excluding hydrogens is 1020 g/mol. The number of piperazine rings is 2. The van der Waals surface area contributed by atoms with Crippen LogP contribution in [0.4, 0.5) is 22.4 Å². The van der Waals surface area contributed by atoms with Gasteiger partial charge in [0.25, 0.3) is 35.2 Å². The molecule has 0 unspecified atom stereocenters. The largest absolute Gasteiger partial charge is 0.438 e. The third-order valence-corrected chi connectivity index (χ3v) is 11.7. The number of aromatic amines is 1. The van der Waals surface area contributed by atoms with E-state index >= 15 is 0 Å². The maximum absolute atomic E-state index is 14.8. The molecule has 0 atom stereocenters. The van der Waals surface area contributed by atoms with E-state index in [4.69, 9.17) is 15.7 Å². The van der Waals surface area contributed by atoms with E-state index in [2.05, 4.69) is 43.0 Å². The number of rotatable bonds is 10. The molecule has 74 heavy (non-hydrogen) atoms. The second-order valence-corrected chi connectivity index (χ2v) is 17.2. The number of aromatic nitrogens is 4. The quantitative estimate of drug-likeness (QED) is 0.0233. The van der Waals surface area contributed by atoms with Crippen LogP contribution in [0.3, 0.4) is 0 Å². The highest BCUT2D eigenvalue weighted by Crippen LogP contribution is 2.29. The Morgan fingerprint density at radius 1 is 0.635 bits per heavy atom. The molecule has 9 rings (SSSR count). The monoisotopic (exact) mass is 1060 g/mol. The van der Waals surface area contributed by atoms with Crippen LogP contribution < -0.4 is 11.5 Å². The SMILES string of the molecule is N/C(Cn1cc(C(=O)C(=O)N2CCN(C(=O)c3ccccc3)CC2)c2c(F)cc(F)cc21)=N\O.O=C(C(=O)N1CCN(C(=O)c2ccccc2)CC1)c1cn(Cc2noc(=O)[nH]2)c2cc(F)cc(F)c12.O=C(Cl)Cl.